The van der Waals surface area contributed by atoms with E-state index in [0.717, 1.165) is 19.0 Å². The van der Waals surface area contributed by atoms with Gasteiger partial charge in [-0.2, -0.15) is 8.78 Å². The Hall–Kier alpha value is -4.06. The average molecular weight is 496 g/mol. The fourth-order valence-electron chi connectivity index (χ4n) is 4.92. The predicted octanol–water partition coefficient (Wildman–Crippen LogP) is 2.69. The Morgan fingerprint density at radius 3 is 2.61 bits per heavy atom. The Balaban J connectivity index is 1.36. The highest BCUT2D eigenvalue weighted by atomic mass is 19.3. The molecular weight excluding hydrogens is 477 g/mol. The van der Waals surface area contributed by atoms with E-state index in [1.165, 1.54) is 6.20 Å². The summed E-state index contributed by atoms with van der Waals surface area (Å²) in [6.07, 6.45) is -0.822. The Kier molecular flexibility index (Phi) is 5.32. The smallest absolute Gasteiger partial charge is 0.314 e. The molecular formula is C24H19F3N6O3. The molecule has 2 saturated heterocycles. The van der Waals surface area contributed by atoms with Gasteiger partial charge < -0.3 is 19.5 Å². The predicted molar refractivity (Wildman–Crippen MR) is 124 cm³/mol. The minimum atomic E-state index is -2.95. The number of nitrogens with zero attached hydrogens (tertiary/aromatic N) is 5. The van der Waals surface area contributed by atoms with Crippen LogP contribution in [0.2, 0.25) is 0 Å². The van der Waals surface area contributed by atoms with Gasteiger partial charge in [0.15, 0.2) is 0 Å². The van der Waals surface area contributed by atoms with E-state index in [4.69, 9.17) is 4.42 Å². The lowest BCUT2D eigenvalue weighted by atomic mass is 10.1. The lowest BCUT2D eigenvalue weighted by Gasteiger charge is -2.35. The van der Waals surface area contributed by atoms with Crippen LogP contribution in [-0.4, -0.2) is 40.4 Å². The summed E-state index contributed by atoms with van der Waals surface area (Å²) in [6.45, 7) is 1.21. The van der Waals surface area contributed by atoms with E-state index in [1.807, 2.05) is 11.0 Å². The molecule has 0 amide bonds. The van der Waals surface area contributed by atoms with Crippen LogP contribution in [0.25, 0.3) is 11.5 Å². The number of hydrogen-bond donors (Lipinski definition) is 1. The molecule has 0 radical (unpaired) electrons. The van der Waals surface area contributed by atoms with E-state index >= 15 is 4.39 Å². The van der Waals surface area contributed by atoms with Crippen molar-refractivity contribution in [3.05, 3.63) is 80.4 Å². The van der Waals surface area contributed by atoms with Gasteiger partial charge in [0.05, 0.1) is 17.8 Å². The fraction of sp³-hybridized carbons (Fsp3) is 0.292. The van der Waals surface area contributed by atoms with E-state index in [9.17, 15) is 18.4 Å². The Morgan fingerprint density at radius 1 is 1.17 bits per heavy atom. The van der Waals surface area contributed by atoms with Crippen molar-refractivity contribution in [3.8, 4) is 11.5 Å². The van der Waals surface area contributed by atoms with Crippen LogP contribution in [0.15, 0.2) is 56.6 Å². The van der Waals surface area contributed by atoms with Gasteiger partial charge in [-0.3, -0.25) is 14.6 Å². The Labute approximate surface area is 201 Å². The van der Waals surface area contributed by atoms with Crippen molar-refractivity contribution in [1.29, 1.82) is 0 Å². The highest BCUT2D eigenvalue weighted by molar-refractivity contribution is 5.82. The lowest BCUT2D eigenvalue weighted by molar-refractivity contribution is 0.116. The van der Waals surface area contributed by atoms with Gasteiger partial charge >= 0.3 is 6.43 Å². The van der Waals surface area contributed by atoms with Crippen molar-refractivity contribution in [2.75, 3.05) is 22.9 Å². The zero-order valence-corrected chi connectivity index (χ0v) is 18.7. The van der Waals surface area contributed by atoms with Crippen molar-refractivity contribution < 1.29 is 17.6 Å². The van der Waals surface area contributed by atoms with Crippen molar-refractivity contribution >= 4 is 17.1 Å². The second-order valence-electron chi connectivity index (χ2n) is 8.82. The summed E-state index contributed by atoms with van der Waals surface area (Å²) in [5.41, 5.74) is -0.00235. The second-order valence-corrected chi connectivity index (χ2v) is 8.82. The van der Waals surface area contributed by atoms with E-state index in [2.05, 4.69) is 20.5 Å². The van der Waals surface area contributed by atoms with Gasteiger partial charge in [-0.15, -0.1) is 10.2 Å². The molecule has 0 spiro atoms. The second kappa shape index (κ2) is 8.55. The number of benzene rings is 1. The summed E-state index contributed by atoms with van der Waals surface area (Å²) < 4.78 is 45.5. The third-order valence-electron chi connectivity index (χ3n) is 6.64. The topological polar surface area (TPSA) is 104 Å². The number of anilines is 3. The van der Waals surface area contributed by atoms with Crippen LogP contribution in [0.1, 0.15) is 24.4 Å². The number of halogens is 3. The third kappa shape index (κ3) is 3.65. The molecule has 0 saturated carbocycles. The first-order valence-electron chi connectivity index (χ1n) is 11.3. The molecule has 9 nitrogen and oxygen atoms in total. The van der Waals surface area contributed by atoms with Crippen molar-refractivity contribution in [2.24, 2.45) is 0 Å². The molecule has 0 unspecified atom stereocenters. The zero-order chi connectivity index (χ0) is 25.0. The molecule has 184 valence electrons. The molecule has 2 aromatic carbocycles. The number of aromatic nitrogens is 3. The van der Waals surface area contributed by atoms with Gasteiger partial charge in [0.1, 0.15) is 17.2 Å². The maximum Gasteiger partial charge on any atom is 0.314 e. The van der Waals surface area contributed by atoms with Crippen LogP contribution in [0.4, 0.5) is 30.2 Å². The molecule has 2 aromatic heterocycles. The van der Waals surface area contributed by atoms with E-state index < -0.39 is 29.0 Å². The summed E-state index contributed by atoms with van der Waals surface area (Å²) >= 11 is 0. The number of pyridine rings is 1. The number of rotatable bonds is 7. The summed E-state index contributed by atoms with van der Waals surface area (Å²) in [6, 6.07) is 10.3. The van der Waals surface area contributed by atoms with Crippen molar-refractivity contribution in [1.82, 2.24) is 20.5 Å². The van der Waals surface area contributed by atoms with Crippen LogP contribution in [0.5, 0.6) is 0 Å². The molecule has 2 bridgehead atoms. The number of hydrogen-bond acceptors (Lipinski definition) is 9. The minimum absolute atomic E-state index is 0.0141. The maximum absolute atomic E-state index is 15.1. The maximum atomic E-state index is 15.1. The Morgan fingerprint density at radius 2 is 1.97 bits per heavy atom. The van der Waals surface area contributed by atoms with E-state index in [-0.39, 0.29) is 41.5 Å². The average Bonchev–Trinajstić information content (AvgIpc) is 3.64. The van der Waals surface area contributed by atoms with Gasteiger partial charge in [0, 0.05) is 37.1 Å². The largest absolute Gasteiger partial charge is 0.415 e. The molecule has 2 aliphatic rings. The molecule has 4 aromatic rings. The van der Waals surface area contributed by atoms with Crippen molar-refractivity contribution in [2.45, 2.75) is 31.5 Å². The summed E-state index contributed by atoms with van der Waals surface area (Å²) in [7, 11) is 0. The number of nitrogens with one attached hydrogen (secondary N) is 1. The van der Waals surface area contributed by atoms with Gasteiger partial charge in [-0.1, -0.05) is 18.2 Å². The number of para-hydroxylation sites is 1. The molecule has 4 heterocycles. The summed E-state index contributed by atoms with van der Waals surface area (Å²) in [5.74, 6) is -1.91. The zero-order valence-electron chi connectivity index (χ0n) is 18.7. The summed E-state index contributed by atoms with van der Waals surface area (Å²) in [4.78, 5) is 33.2. The van der Waals surface area contributed by atoms with Gasteiger partial charge in [-0.05, 0) is 24.6 Å². The molecule has 1 N–H and O–H groups in total. The number of alkyl halides is 2. The molecule has 12 heteroatoms. The Bertz CT molecular complexity index is 1500. The van der Waals surface area contributed by atoms with Gasteiger partial charge in [0.25, 0.3) is 16.7 Å². The number of fused-ring (bicyclic) bond motifs is 2. The van der Waals surface area contributed by atoms with E-state index in [1.54, 1.807) is 29.2 Å². The first kappa shape index (κ1) is 22.4. The van der Waals surface area contributed by atoms with Crippen LogP contribution in [-0.2, 0) is 6.54 Å². The van der Waals surface area contributed by atoms with Gasteiger partial charge in [-0.25, -0.2) is 4.39 Å². The molecule has 0 aliphatic carbocycles. The molecule has 2 atom stereocenters. The molecule has 2 aliphatic heterocycles. The van der Waals surface area contributed by atoms with Crippen LogP contribution in [0, 0.1) is 5.82 Å². The molecule has 36 heavy (non-hydrogen) atoms. The van der Waals surface area contributed by atoms with Crippen LogP contribution in [0.3, 0.4) is 0 Å². The first-order chi connectivity index (χ1) is 17.4. The molecule has 2 fully saturated rings. The van der Waals surface area contributed by atoms with Crippen LogP contribution < -0.4 is 26.0 Å². The van der Waals surface area contributed by atoms with Gasteiger partial charge in [0.2, 0.25) is 5.89 Å². The first-order valence-corrected chi connectivity index (χ1v) is 11.3. The lowest BCUT2D eigenvalue weighted by Crippen LogP contribution is -2.51. The minimum Gasteiger partial charge on any atom is -0.415 e. The SMILES string of the molecule is O=c1c(N(Cc2ncc(-c3nnc(C(F)F)o3)cc2F)c2ccccc2)c(N2C[C@@H]3C[C@H]2CN3)c1=O. The van der Waals surface area contributed by atoms with E-state index in [0.29, 0.717) is 17.9 Å². The number of piperazine rings is 1. The molecule has 6 rings (SSSR count). The third-order valence-corrected chi connectivity index (χ3v) is 6.64. The monoisotopic (exact) mass is 496 g/mol. The quantitative estimate of drug-likeness (QED) is 0.387. The highest BCUT2D eigenvalue weighted by Gasteiger charge is 2.43. The summed E-state index contributed by atoms with van der Waals surface area (Å²) in [5, 5.41) is 10.1. The standard InChI is InChI=1S/C24H19F3N6O3/c25-16-6-12(23-30-31-24(36-23)22(26)27)8-29-17(16)11-33(14-4-2-1-3-5-14)19-18(20(34)21(19)35)32-10-13-7-15(32)9-28-13/h1-6,8,13,15,22,28H,7,9-11H2/t13-,15-/m0/s1. The fourth-order valence-corrected chi connectivity index (χ4v) is 4.92. The highest BCUT2D eigenvalue weighted by Crippen LogP contribution is 2.37. The normalized spacial score (nSPS) is 19.1. The van der Waals surface area contributed by atoms with Crippen LogP contribution >= 0.6 is 0 Å². The van der Waals surface area contributed by atoms with Crippen molar-refractivity contribution in [3.63, 3.8) is 0 Å².